The Kier molecular flexibility index (Phi) is 5.70. The number of likely N-dealkylation sites (tertiary alicyclic amines) is 1. The quantitative estimate of drug-likeness (QED) is 0.463. The van der Waals surface area contributed by atoms with E-state index in [1.165, 1.54) is 5.56 Å². The summed E-state index contributed by atoms with van der Waals surface area (Å²) in [6.07, 6.45) is 3.43. The smallest absolute Gasteiger partial charge is 0.410 e. The number of carbonyl (C=O) groups is 1. The van der Waals surface area contributed by atoms with Crippen LogP contribution in [0.5, 0.6) is 0 Å². The lowest BCUT2D eigenvalue weighted by Gasteiger charge is -2.33. The molecular formula is C25H27ClN2O2. The molecule has 0 saturated carbocycles. The number of benzene rings is 2. The molecule has 1 aromatic heterocycles. The van der Waals surface area contributed by atoms with E-state index in [4.69, 9.17) is 16.3 Å². The van der Waals surface area contributed by atoms with Crippen LogP contribution in [0.25, 0.3) is 22.0 Å². The number of amides is 1. The molecule has 2 aromatic carbocycles. The lowest BCUT2D eigenvalue weighted by molar-refractivity contribution is 0.0205. The van der Waals surface area contributed by atoms with Gasteiger partial charge < -0.3 is 9.64 Å². The molecule has 2 heterocycles. The minimum atomic E-state index is -0.452. The summed E-state index contributed by atoms with van der Waals surface area (Å²) in [5, 5.41) is 1.69. The molecule has 30 heavy (non-hydrogen) atoms. The Morgan fingerprint density at radius 3 is 2.37 bits per heavy atom. The standard InChI is InChI=1S/C25H27ClN2O2/c1-25(2,3)30-24(29)28-14-11-19(12-15-28)17-4-6-18(7-5-17)20-8-9-23-21(16-20)22(26)10-13-27-23/h4-10,13,16,19H,11-12,14-15H2,1-3H3. The molecule has 156 valence electrons. The van der Waals surface area contributed by atoms with E-state index in [0.29, 0.717) is 5.92 Å². The second-order valence-electron chi connectivity index (χ2n) is 8.89. The second kappa shape index (κ2) is 8.27. The van der Waals surface area contributed by atoms with Gasteiger partial charge in [-0.2, -0.15) is 0 Å². The molecule has 1 aliphatic heterocycles. The molecule has 5 heteroatoms. The lowest BCUT2D eigenvalue weighted by Crippen LogP contribution is -2.41. The van der Waals surface area contributed by atoms with E-state index < -0.39 is 5.60 Å². The molecule has 4 rings (SSSR count). The van der Waals surface area contributed by atoms with Gasteiger partial charge in [-0.15, -0.1) is 0 Å². The molecule has 0 aliphatic carbocycles. The molecule has 3 aromatic rings. The van der Waals surface area contributed by atoms with Crippen LogP contribution in [0.1, 0.15) is 45.1 Å². The van der Waals surface area contributed by atoms with Crippen LogP contribution in [-0.2, 0) is 4.74 Å². The molecule has 1 saturated heterocycles. The fraction of sp³-hybridized carbons (Fsp3) is 0.360. The van der Waals surface area contributed by atoms with Crippen LogP contribution in [0.4, 0.5) is 4.79 Å². The topological polar surface area (TPSA) is 42.4 Å². The number of carbonyl (C=O) groups excluding carboxylic acids is 1. The molecule has 1 aliphatic rings. The third-order valence-corrected chi connectivity index (χ3v) is 5.88. The zero-order valence-corrected chi connectivity index (χ0v) is 18.4. The van der Waals surface area contributed by atoms with Crippen LogP contribution in [0.2, 0.25) is 5.02 Å². The first-order chi connectivity index (χ1) is 14.3. The van der Waals surface area contributed by atoms with Gasteiger partial charge in [-0.1, -0.05) is 41.9 Å². The van der Waals surface area contributed by atoms with Crippen LogP contribution >= 0.6 is 11.6 Å². The van der Waals surface area contributed by atoms with Crippen molar-refractivity contribution < 1.29 is 9.53 Å². The average Bonchev–Trinajstić information content (AvgIpc) is 2.73. The number of aromatic nitrogens is 1. The fourth-order valence-corrected chi connectivity index (χ4v) is 4.17. The van der Waals surface area contributed by atoms with Gasteiger partial charge >= 0.3 is 6.09 Å². The first-order valence-corrected chi connectivity index (χ1v) is 10.8. The van der Waals surface area contributed by atoms with Crippen molar-refractivity contribution in [1.82, 2.24) is 9.88 Å². The van der Waals surface area contributed by atoms with Crippen molar-refractivity contribution >= 4 is 28.6 Å². The summed E-state index contributed by atoms with van der Waals surface area (Å²) in [4.78, 5) is 18.5. The van der Waals surface area contributed by atoms with Crippen molar-refractivity contribution in [3.63, 3.8) is 0 Å². The zero-order chi connectivity index (χ0) is 21.3. The van der Waals surface area contributed by atoms with E-state index in [9.17, 15) is 4.79 Å². The Labute approximate surface area is 182 Å². The minimum absolute atomic E-state index is 0.208. The summed E-state index contributed by atoms with van der Waals surface area (Å²) in [6.45, 7) is 7.17. The molecule has 0 atom stereocenters. The van der Waals surface area contributed by atoms with Gasteiger partial charge in [-0.05, 0) is 74.4 Å². The third-order valence-electron chi connectivity index (χ3n) is 5.55. The molecule has 0 unspecified atom stereocenters. The number of ether oxygens (including phenoxy) is 1. The zero-order valence-electron chi connectivity index (χ0n) is 17.7. The Morgan fingerprint density at radius 2 is 1.70 bits per heavy atom. The van der Waals surface area contributed by atoms with Crippen molar-refractivity contribution in [1.29, 1.82) is 0 Å². The summed E-state index contributed by atoms with van der Waals surface area (Å²) in [7, 11) is 0. The first-order valence-electron chi connectivity index (χ1n) is 10.4. The van der Waals surface area contributed by atoms with Crippen molar-refractivity contribution in [2.24, 2.45) is 0 Å². The summed E-state index contributed by atoms with van der Waals surface area (Å²) >= 11 is 6.34. The molecule has 4 nitrogen and oxygen atoms in total. The van der Waals surface area contributed by atoms with E-state index in [1.54, 1.807) is 6.20 Å². The summed E-state index contributed by atoms with van der Waals surface area (Å²) in [5.41, 5.74) is 4.06. The Morgan fingerprint density at radius 1 is 1.03 bits per heavy atom. The molecule has 1 fully saturated rings. The summed E-state index contributed by atoms with van der Waals surface area (Å²) < 4.78 is 5.49. The number of hydrogen-bond donors (Lipinski definition) is 0. The number of nitrogens with zero attached hydrogens (tertiary/aromatic N) is 2. The lowest BCUT2D eigenvalue weighted by atomic mass is 9.88. The number of hydrogen-bond acceptors (Lipinski definition) is 3. The monoisotopic (exact) mass is 422 g/mol. The summed E-state index contributed by atoms with van der Waals surface area (Å²) in [5.74, 6) is 0.466. The van der Waals surface area contributed by atoms with Crippen molar-refractivity contribution in [3.05, 3.63) is 65.3 Å². The normalized spacial score (nSPS) is 15.4. The maximum atomic E-state index is 12.3. The van der Waals surface area contributed by atoms with E-state index in [0.717, 1.165) is 53.0 Å². The van der Waals surface area contributed by atoms with Gasteiger partial charge in [0.25, 0.3) is 0 Å². The highest BCUT2D eigenvalue weighted by molar-refractivity contribution is 6.35. The van der Waals surface area contributed by atoms with Gasteiger partial charge in [0.05, 0.1) is 10.5 Å². The maximum absolute atomic E-state index is 12.3. The van der Waals surface area contributed by atoms with Gasteiger partial charge in [0.1, 0.15) is 5.60 Å². The first kappa shape index (κ1) is 20.7. The van der Waals surface area contributed by atoms with Gasteiger partial charge in [-0.3, -0.25) is 4.98 Å². The highest BCUT2D eigenvalue weighted by Gasteiger charge is 2.27. The maximum Gasteiger partial charge on any atom is 0.410 e. The Hall–Kier alpha value is -2.59. The van der Waals surface area contributed by atoms with E-state index in [1.807, 2.05) is 37.8 Å². The fourth-order valence-electron chi connectivity index (χ4n) is 3.96. The number of pyridine rings is 1. The number of halogens is 1. The molecule has 0 spiro atoms. The van der Waals surface area contributed by atoms with E-state index in [2.05, 4.69) is 41.4 Å². The van der Waals surface area contributed by atoms with Crippen LogP contribution in [-0.4, -0.2) is 34.7 Å². The van der Waals surface area contributed by atoms with E-state index in [-0.39, 0.29) is 6.09 Å². The van der Waals surface area contributed by atoms with E-state index >= 15 is 0 Å². The molecule has 0 radical (unpaired) electrons. The van der Waals surface area contributed by atoms with Crippen LogP contribution in [0.3, 0.4) is 0 Å². The van der Waals surface area contributed by atoms with Crippen LogP contribution in [0.15, 0.2) is 54.7 Å². The third kappa shape index (κ3) is 4.59. The minimum Gasteiger partial charge on any atom is -0.444 e. The van der Waals surface area contributed by atoms with Gasteiger partial charge in [-0.25, -0.2) is 4.79 Å². The highest BCUT2D eigenvalue weighted by Crippen LogP contribution is 2.32. The van der Waals surface area contributed by atoms with Gasteiger partial charge in [0.2, 0.25) is 0 Å². The molecule has 0 N–H and O–H groups in total. The largest absolute Gasteiger partial charge is 0.444 e. The number of piperidine rings is 1. The Bertz CT molecular complexity index is 1050. The van der Waals surface area contributed by atoms with Gasteiger partial charge in [0.15, 0.2) is 0 Å². The summed E-state index contributed by atoms with van der Waals surface area (Å²) in [6, 6.07) is 16.8. The highest BCUT2D eigenvalue weighted by atomic mass is 35.5. The van der Waals surface area contributed by atoms with Crippen molar-refractivity contribution in [3.8, 4) is 11.1 Å². The second-order valence-corrected chi connectivity index (χ2v) is 9.30. The predicted molar refractivity (Wildman–Crippen MR) is 122 cm³/mol. The Balaban J connectivity index is 1.43. The SMILES string of the molecule is CC(C)(C)OC(=O)N1CCC(c2ccc(-c3ccc4nccc(Cl)c4c3)cc2)CC1. The average molecular weight is 423 g/mol. The number of fused-ring (bicyclic) bond motifs is 1. The predicted octanol–water partition coefficient (Wildman–Crippen LogP) is 6.67. The van der Waals surface area contributed by atoms with Crippen molar-refractivity contribution in [2.75, 3.05) is 13.1 Å². The molecule has 1 amide bonds. The van der Waals surface area contributed by atoms with Gasteiger partial charge in [0, 0.05) is 24.7 Å². The molecular weight excluding hydrogens is 396 g/mol. The van der Waals surface area contributed by atoms with Crippen LogP contribution < -0.4 is 0 Å². The molecule has 0 bridgehead atoms. The number of rotatable bonds is 2. The van der Waals surface area contributed by atoms with Crippen molar-refractivity contribution in [2.45, 2.75) is 45.1 Å². The van der Waals surface area contributed by atoms with Crippen LogP contribution in [0, 0.1) is 0 Å².